The average molecular weight is 314 g/mol. The number of hydrogen-bond acceptors (Lipinski definition) is 2. The molecule has 3 fully saturated rings. The van der Waals surface area contributed by atoms with Crippen LogP contribution in [0.5, 0.6) is 5.75 Å². The van der Waals surface area contributed by atoms with Crippen molar-refractivity contribution in [3.05, 3.63) is 29.5 Å². The number of nitrogens with one attached hydrogen (secondary N) is 1. The first-order valence-electron chi connectivity index (χ1n) is 10.8. The maximum Gasteiger partial charge on any atom is 0.119 e. The molecule has 4 bridgehead atoms. The Labute approximate surface area is 143 Å². The van der Waals surface area contributed by atoms with Crippen molar-refractivity contribution >= 4 is 10.9 Å². The second-order valence-corrected chi connectivity index (χ2v) is 7.32. The Hall–Kier alpha value is -1.48. The van der Waals surface area contributed by atoms with Crippen molar-refractivity contribution in [3.8, 4) is 5.75 Å². The minimum absolute atomic E-state index is 0.0567. The summed E-state index contributed by atoms with van der Waals surface area (Å²) in [6.07, 6.45) is 1.05. The van der Waals surface area contributed by atoms with Gasteiger partial charge in [-0.3, -0.25) is 4.90 Å². The fourth-order valence-electron chi connectivity index (χ4n) is 5.19. The number of ether oxygens (including phenoxy) is 1. The van der Waals surface area contributed by atoms with E-state index in [0.29, 0.717) is 29.7 Å². The van der Waals surface area contributed by atoms with Crippen LogP contribution < -0.4 is 4.74 Å². The van der Waals surface area contributed by atoms with Crippen LogP contribution in [0.25, 0.3) is 10.9 Å². The highest BCUT2D eigenvalue weighted by atomic mass is 16.5. The maximum atomic E-state index is 8.92. The Morgan fingerprint density at radius 1 is 1.39 bits per heavy atom. The van der Waals surface area contributed by atoms with Gasteiger partial charge in [0, 0.05) is 47.1 Å². The lowest BCUT2D eigenvalue weighted by Gasteiger charge is -2.53. The minimum atomic E-state index is -2.11. The van der Waals surface area contributed by atoms with Gasteiger partial charge in [-0.25, -0.2) is 0 Å². The molecule has 23 heavy (non-hydrogen) atoms. The number of rotatable bonds is 2. The number of aryl methyl sites for hydroxylation is 1. The predicted molar refractivity (Wildman–Crippen MR) is 93.2 cm³/mol. The van der Waals surface area contributed by atoms with E-state index >= 15 is 0 Å². The largest absolute Gasteiger partial charge is 0.497 e. The van der Waals surface area contributed by atoms with Gasteiger partial charge in [0.05, 0.1) is 7.11 Å². The molecule has 4 aliphatic rings. The zero-order chi connectivity index (χ0) is 19.1. The van der Waals surface area contributed by atoms with E-state index in [1.165, 1.54) is 0 Å². The fourth-order valence-corrected chi connectivity index (χ4v) is 5.19. The summed E-state index contributed by atoms with van der Waals surface area (Å²) in [7, 11) is 1.60. The van der Waals surface area contributed by atoms with E-state index in [0.717, 1.165) is 35.9 Å². The van der Waals surface area contributed by atoms with Gasteiger partial charge in [0.15, 0.2) is 0 Å². The smallest absolute Gasteiger partial charge is 0.119 e. The lowest BCUT2D eigenvalue weighted by atomic mass is 9.65. The number of piperidine rings is 2. The third kappa shape index (κ3) is 1.92. The number of H-pyrrole nitrogens is 1. The molecule has 3 heteroatoms. The van der Waals surface area contributed by atoms with Gasteiger partial charge < -0.3 is 9.72 Å². The number of nitrogens with zero attached hydrogens (tertiary/aromatic N) is 1. The van der Waals surface area contributed by atoms with Crippen molar-refractivity contribution in [1.29, 1.82) is 0 Å². The molecule has 5 atom stereocenters. The van der Waals surface area contributed by atoms with E-state index in [1.54, 1.807) is 7.11 Å². The van der Waals surface area contributed by atoms with Crippen LogP contribution in [0.2, 0.25) is 0 Å². The molecule has 1 N–H and O–H groups in total. The van der Waals surface area contributed by atoms with Crippen LogP contribution in [0, 0.1) is 11.8 Å². The van der Waals surface area contributed by atoms with Crippen LogP contribution in [0.1, 0.15) is 48.8 Å². The van der Waals surface area contributed by atoms with Gasteiger partial charge in [0.25, 0.3) is 0 Å². The highest BCUT2D eigenvalue weighted by Gasteiger charge is 2.48. The van der Waals surface area contributed by atoms with Gasteiger partial charge >= 0.3 is 0 Å². The fraction of sp³-hybridized carbons (Fsp3) is 0.600. The van der Waals surface area contributed by atoms with E-state index in [9.17, 15) is 0 Å². The summed E-state index contributed by atoms with van der Waals surface area (Å²) >= 11 is 0. The van der Waals surface area contributed by atoms with Crippen molar-refractivity contribution in [2.45, 2.75) is 44.5 Å². The van der Waals surface area contributed by atoms with E-state index in [1.807, 2.05) is 23.1 Å². The number of hydrogen-bond donors (Lipinski definition) is 1. The van der Waals surface area contributed by atoms with Crippen LogP contribution >= 0.6 is 0 Å². The Morgan fingerprint density at radius 2 is 2.30 bits per heavy atom. The molecule has 0 spiro atoms. The number of aromatic amines is 1. The molecule has 122 valence electrons. The van der Waals surface area contributed by atoms with Crippen molar-refractivity contribution in [2.24, 2.45) is 11.8 Å². The molecule has 3 aliphatic heterocycles. The third-order valence-electron chi connectivity index (χ3n) is 6.19. The van der Waals surface area contributed by atoms with Crippen LogP contribution in [0.3, 0.4) is 0 Å². The predicted octanol–water partition coefficient (Wildman–Crippen LogP) is 3.94. The summed E-state index contributed by atoms with van der Waals surface area (Å²) < 4.78 is 41.0. The highest BCUT2D eigenvalue weighted by molar-refractivity contribution is 5.86. The quantitative estimate of drug-likeness (QED) is 0.909. The van der Waals surface area contributed by atoms with Gasteiger partial charge in [0.1, 0.15) is 5.75 Å². The molecule has 3 nitrogen and oxygen atoms in total. The summed E-state index contributed by atoms with van der Waals surface area (Å²) in [4.78, 5) is 5.36. The van der Waals surface area contributed by atoms with Crippen molar-refractivity contribution < 1.29 is 10.2 Å². The van der Waals surface area contributed by atoms with Crippen LogP contribution in [0.4, 0.5) is 0 Å². The standard InChI is InChI=1S/C20H26N2O/c1-3-13-8-12-9-17-19-15(6-7-22(11-12)20(13)17)16-10-14(23-2)4-5-18(16)21-19/h4-5,10,12-13,17,20-21H,3,6-9,11H2,1-2H3/t12-,13+,17+,20+/m1/s1/i6D2,7D2. The molecule has 1 aromatic heterocycles. The van der Waals surface area contributed by atoms with E-state index in [-0.39, 0.29) is 12.0 Å². The Balaban J connectivity index is 1.82. The third-order valence-corrected chi connectivity index (χ3v) is 6.19. The van der Waals surface area contributed by atoms with Crippen LogP contribution in [-0.2, 0) is 6.37 Å². The monoisotopic (exact) mass is 314 g/mol. The van der Waals surface area contributed by atoms with Gasteiger partial charge in [-0.15, -0.1) is 0 Å². The lowest BCUT2D eigenvalue weighted by Crippen LogP contribution is -2.56. The van der Waals surface area contributed by atoms with Crippen molar-refractivity contribution in [3.63, 3.8) is 0 Å². The summed E-state index contributed by atoms with van der Waals surface area (Å²) in [5.74, 6) is 1.67. The Kier molecular flexibility index (Phi) is 2.26. The second-order valence-electron chi connectivity index (χ2n) is 7.32. The maximum absolute atomic E-state index is 8.92. The summed E-state index contributed by atoms with van der Waals surface area (Å²) in [6.45, 7) is 0.793. The number of methoxy groups -OCH3 is 1. The number of fused-ring (bicyclic) bond motifs is 4. The van der Waals surface area contributed by atoms with E-state index < -0.39 is 12.9 Å². The Morgan fingerprint density at radius 3 is 3.13 bits per heavy atom. The van der Waals surface area contributed by atoms with Gasteiger partial charge in [-0.2, -0.15) is 0 Å². The van der Waals surface area contributed by atoms with E-state index in [2.05, 4.69) is 11.9 Å². The molecule has 1 unspecified atom stereocenters. The molecule has 1 aromatic carbocycles. The van der Waals surface area contributed by atoms with Gasteiger partial charge in [0.2, 0.25) is 0 Å². The van der Waals surface area contributed by atoms with Crippen molar-refractivity contribution in [2.75, 3.05) is 20.2 Å². The normalized spacial score (nSPS) is 42.1. The molecule has 6 rings (SSSR count). The lowest BCUT2D eigenvalue weighted by molar-refractivity contribution is -0.0134. The first-order chi connectivity index (χ1) is 12.8. The first-order valence-corrected chi connectivity index (χ1v) is 8.76. The molecule has 1 aliphatic carbocycles. The minimum Gasteiger partial charge on any atom is -0.497 e. The molecule has 1 saturated carbocycles. The average Bonchev–Trinajstić information content (AvgIpc) is 3.04. The first kappa shape index (κ1) is 10.4. The topological polar surface area (TPSA) is 28.3 Å². The van der Waals surface area contributed by atoms with E-state index in [4.69, 9.17) is 10.2 Å². The zero-order valence-electron chi connectivity index (χ0n) is 17.7. The SMILES string of the molecule is [2H]C1([2H])c2c([nH]c3ccc(OC)cc23)[C@@H]2C[C@H]3C[C@H](CC)[C@@H]2N(C3)C1([2H])[2H]. The highest BCUT2D eigenvalue weighted by Crippen LogP contribution is 2.51. The molecular formula is C20H26N2O. The van der Waals surface area contributed by atoms with Crippen molar-refractivity contribution in [1.82, 2.24) is 9.88 Å². The summed E-state index contributed by atoms with van der Waals surface area (Å²) in [5, 5.41) is 0.746. The second kappa shape index (κ2) is 5.01. The Bertz CT molecular complexity index is 909. The van der Waals surface area contributed by atoms with Crippen LogP contribution in [0.15, 0.2) is 18.2 Å². The number of benzene rings is 1. The molecule has 0 amide bonds. The van der Waals surface area contributed by atoms with Gasteiger partial charge in [-0.05, 0) is 54.8 Å². The summed E-state index contributed by atoms with van der Waals surface area (Å²) in [5.41, 5.74) is 2.27. The van der Waals surface area contributed by atoms with Gasteiger partial charge in [-0.1, -0.05) is 13.3 Å². The summed E-state index contributed by atoms with van der Waals surface area (Å²) in [6, 6.07) is 5.70. The molecule has 2 saturated heterocycles. The molecule has 2 aromatic rings. The van der Waals surface area contributed by atoms with Crippen LogP contribution in [-0.4, -0.2) is 36.1 Å². The molecule has 0 radical (unpaired) electrons. The zero-order valence-corrected chi connectivity index (χ0v) is 13.7. The molecule has 4 heterocycles. The molecular weight excluding hydrogens is 284 g/mol. The number of aromatic nitrogens is 1.